The van der Waals surface area contributed by atoms with E-state index in [-0.39, 0.29) is 24.9 Å². The van der Waals surface area contributed by atoms with Crippen molar-refractivity contribution in [1.82, 2.24) is 9.96 Å². The number of methoxy groups -OCH3 is 3. The van der Waals surface area contributed by atoms with Crippen molar-refractivity contribution in [2.24, 2.45) is 5.92 Å². The fourth-order valence-corrected chi connectivity index (χ4v) is 4.86. The Bertz CT molecular complexity index is 832. The number of likely N-dealkylation sites (tertiary alicyclic amines) is 1. The molecular formula is C23H32N2O6. The molecular weight excluding hydrogens is 400 g/mol. The molecule has 31 heavy (non-hydrogen) atoms. The molecule has 2 fully saturated rings. The van der Waals surface area contributed by atoms with Crippen LogP contribution in [0.25, 0.3) is 0 Å². The highest BCUT2D eigenvalue weighted by atomic mass is 16.7. The summed E-state index contributed by atoms with van der Waals surface area (Å²) < 4.78 is 16.1. The monoisotopic (exact) mass is 432 g/mol. The minimum absolute atomic E-state index is 0.106. The standard InChI is InChI=1S/C23H32N2O6/c1-6-13-31-25-20(26)14-18(22(27)30-5)23(25)9-11-24(12-10-23)15-17-7-8-19(28-3)16(2)21(17)29-4/h6-8,18H,1,9-15H2,2-5H3/t18-/m1/s1. The van der Waals surface area contributed by atoms with E-state index in [1.807, 2.05) is 19.1 Å². The van der Waals surface area contributed by atoms with E-state index >= 15 is 0 Å². The van der Waals surface area contributed by atoms with Crippen molar-refractivity contribution in [3.05, 3.63) is 35.9 Å². The zero-order valence-corrected chi connectivity index (χ0v) is 18.8. The first-order valence-electron chi connectivity index (χ1n) is 10.5. The number of rotatable bonds is 8. The van der Waals surface area contributed by atoms with Gasteiger partial charge in [0.2, 0.25) is 5.91 Å². The summed E-state index contributed by atoms with van der Waals surface area (Å²) in [7, 11) is 4.67. The molecule has 2 aliphatic heterocycles. The van der Waals surface area contributed by atoms with Crippen LogP contribution in [0.15, 0.2) is 24.8 Å². The Morgan fingerprint density at radius 1 is 1.23 bits per heavy atom. The number of hydroxylamine groups is 2. The normalized spacial score (nSPS) is 20.7. The van der Waals surface area contributed by atoms with Gasteiger partial charge in [-0.05, 0) is 25.8 Å². The molecule has 1 atom stereocenters. The Labute approximate surface area is 183 Å². The van der Waals surface area contributed by atoms with Gasteiger partial charge in [-0.2, -0.15) is 0 Å². The molecule has 1 spiro atoms. The fourth-order valence-electron chi connectivity index (χ4n) is 4.86. The van der Waals surface area contributed by atoms with Crippen LogP contribution in [0.2, 0.25) is 0 Å². The zero-order valence-electron chi connectivity index (χ0n) is 18.8. The quantitative estimate of drug-likeness (QED) is 0.461. The molecule has 0 bridgehead atoms. The van der Waals surface area contributed by atoms with E-state index in [2.05, 4.69) is 11.5 Å². The van der Waals surface area contributed by atoms with E-state index in [1.165, 1.54) is 12.2 Å². The largest absolute Gasteiger partial charge is 0.496 e. The molecule has 3 rings (SSSR count). The van der Waals surface area contributed by atoms with Crippen LogP contribution in [0.1, 0.15) is 30.4 Å². The van der Waals surface area contributed by atoms with E-state index in [0.717, 1.165) is 22.6 Å². The van der Waals surface area contributed by atoms with Gasteiger partial charge >= 0.3 is 5.97 Å². The van der Waals surface area contributed by atoms with Crippen molar-refractivity contribution >= 4 is 11.9 Å². The molecule has 0 aliphatic carbocycles. The minimum atomic E-state index is -0.691. The Balaban J connectivity index is 1.78. The summed E-state index contributed by atoms with van der Waals surface area (Å²) in [4.78, 5) is 33.2. The number of carbonyl (C=O) groups excluding carboxylic acids is 2. The molecule has 1 amide bonds. The molecule has 8 heteroatoms. The smallest absolute Gasteiger partial charge is 0.311 e. The number of benzene rings is 1. The van der Waals surface area contributed by atoms with E-state index in [4.69, 9.17) is 19.0 Å². The zero-order chi connectivity index (χ0) is 22.6. The summed E-state index contributed by atoms with van der Waals surface area (Å²) in [5.41, 5.74) is 1.35. The van der Waals surface area contributed by atoms with Crippen molar-refractivity contribution in [2.75, 3.05) is 41.0 Å². The second-order valence-electron chi connectivity index (χ2n) is 8.02. The third kappa shape index (κ3) is 4.27. The van der Waals surface area contributed by atoms with Crippen molar-refractivity contribution < 1.29 is 28.6 Å². The molecule has 1 aromatic carbocycles. The molecule has 2 heterocycles. The van der Waals surface area contributed by atoms with Crippen LogP contribution in [0.3, 0.4) is 0 Å². The van der Waals surface area contributed by atoms with Crippen LogP contribution in [0.4, 0.5) is 0 Å². The van der Waals surface area contributed by atoms with Gasteiger partial charge in [0.25, 0.3) is 0 Å². The summed E-state index contributed by atoms with van der Waals surface area (Å²) in [6.07, 6.45) is 2.94. The van der Waals surface area contributed by atoms with Gasteiger partial charge < -0.3 is 14.2 Å². The van der Waals surface area contributed by atoms with Gasteiger partial charge in [-0.25, -0.2) is 5.06 Å². The predicted octanol–water partition coefficient (Wildman–Crippen LogP) is 2.49. The summed E-state index contributed by atoms with van der Waals surface area (Å²) >= 11 is 0. The SMILES string of the molecule is C=CCON1C(=O)C[C@H](C(=O)OC)C12CCN(Cc1ccc(OC)c(C)c1OC)CC2. The second-order valence-corrected chi connectivity index (χ2v) is 8.02. The van der Waals surface area contributed by atoms with Crippen molar-refractivity contribution in [2.45, 2.75) is 38.3 Å². The van der Waals surface area contributed by atoms with Crippen molar-refractivity contribution in [3.8, 4) is 11.5 Å². The number of piperidine rings is 1. The fraction of sp³-hybridized carbons (Fsp3) is 0.565. The molecule has 8 nitrogen and oxygen atoms in total. The molecule has 1 aromatic rings. The van der Waals surface area contributed by atoms with Crippen LogP contribution in [-0.4, -0.2) is 68.4 Å². The first kappa shape index (κ1) is 23.1. The first-order valence-corrected chi connectivity index (χ1v) is 10.5. The summed E-state index contributed by atoms with van der Waals surface area (Å²) in [6.45, 7) is 7.98. The maximum Gasteiger partial charge on any atom is 0.311 e. The lowest BCUT2D eigenvalue weighted by Crippen LogP contribution is -2.57. The third-order valence-corrected chi connectivity index (χ3v) is 6.44. The van der Waals surface area contributed by atoms with Crippen LogP contribution < -0.4 is 9.47 Å². The van der Waals surface area contributed by atoms with Gasteiger partial charge in [0.15, 0.2) is 0 Å². The molecule has 2 aliphatic rings. The molecule has 0 aromatic heterocycles. The van der Waals surface area contributed by atoms with Gasteiger partial charge in [-0.15, -0.1) is 6.58 Å². The highest BCUT2D eigenvalue weighted by molar-refractivity contribution is 5.88. The number of hydrogen-bond acceptors (Lipinski definition) is 7. The molecule has 0 radical (unpaired) electrons. The lowest BCUT2D eigenvalue weighted by Gasteiger charge is -2.45. The number of esters is 1. The Morgan fingerprint density at radius 3 is 2.52 bits per heavy atom. The molecule has 170 valence electrons. The average Bonchev–Trinajstić information content (AvgIpc) is 3.04. The minimum Gasteiger partial charge on any atom is -0.496 e. The number of carbonyl (C=O) groups is 2. The summed E-state index contributed by atoms with van der Waals surface area (Å²) in [6, 6.07) is 3.97. The van der Waals surface area contributed by atoms with E-state index < -0.39 is 11.5 Å². The highest BCUT2D eigenvalue weighted by Gasteiger charge is 2.58. The van der Waals surface area contributed by atoms with Gasteiger partial charge in [0.1, 0.15) is 11.5 Å². The van der Waals surface area contributed by atoms with E-state index in [0.29, 0.717) is 32.5 Å². The second kappa shape index (κ2) is 9.70. The van der Waals surface area contributed by atoms with E-state index in [1.54, 1.807) is 20.3 Å². The van der Waals surface area contributed by atoms with Crippen molar-refractivity contribution in [3.63, 3.8) is 0 Å². The van der Waals surface area contributed by atoms with Gasteiger partial charge in [-0.1, -0.05) is 12.1 Å². The number of ether oxygens (including phenoxy) is 3. The molecule has 2 saturated heterocycles. The maximum atomic E-state index is 12.7. The van der Waals surface area contributed by atoms with Crippen LogP contribution in [0.5, 0.6) is 11.5 Å². The molecule has 0 saturated carbocycles. The van der Waals surface area contributed by atoms with Gasteiger partial charge in [0, 0.05) is 37.2 Å². The summed E-state index contributed by atoms with van der Waals surface area (Å²) in [5, 5.41) is 1.42. The maximum absolute atomic E-state index is 12.7. The van der Waals surface area contributed by atoms with Crippen LogP contribution in [-0.2, 0) is 25.7 Å². The number of amides is 1. The molecule has 0 N–H and O–H groups in total. The van der Waals surface area contributed by atoms with Crippen molar-refractivity contribution in [1.29, 1.82) is 0 Å². The predicted molar refractivity (Wildman–Crippen MR) is 115 cm³/mol. The van der Waals surface area contributed by atoms with Gasteiger partial charge in [0.05, 0.1) is 39.4 Å². The number of nitrogens with zero attached hydrogens (tertiary/aromatic N) is 2. The van der Waals surface area contributed by atoms with Crippen LogP contribution in [0, 0.1) is 12.8 Å². The third-order valence-electron chi connectivity index (χ3n) is 6.44. The topological polar surface area (TPSA) is 77.5 Å². The highest BCUT2D eigenvalue weighted by Crippen LogP contribution is 2.45. The first-order chi connectivity index (χ1) is 14.9. The lowest BCUT2D eigenvalue weighted by atomic mass is 9.77. The summed E-state index contributed by atoms with van der Waals surface area (Å²) in [5.74, 6) is 0.532. The average molecular weight is 433 g/mol. The van der Waals surface area contributed by atoms with E-state index in [9.17, 15) is 9.59 Å². The Morgan fingerprint density at radius 2 is 1.94 bits per heavy atom. The number of hydrogen-bond donors (Lipinski definition) is 0. The van der Waals surface area contributed by atoms with Crippen LogP contribution >= 0.6 is 0 Å². The molecule has 0 unspecified atom stereocenters. The lowest BCUT2D eigenvalue weighted by molar-refractivity contribution is -0.218. The Hall–Kier alpha value is -2.58. The van der Waals surface area contributed by atoms with Gasteiger partial charge in [-0.3, -0.25) is 19.3 Å². The Kier molecular flexibility index (Phi) is 7.23.